The van der Waals surface area contributed by atoms with Crippen molar-refractivity contribution in [3.05, 3.63) is 16.5 Å². The van der Waals surface area contributed by atoms with Crippen LogP contribution in [-0.2, 0) is 6.42 Å². The van der Waals surface area contributed by atoms with Gasteiger partial charge in [0, 0.05) is 23.3 Å². The van der Waals surface area contributed by atoms with Crippen LogP contribution in [0.1, 0.15) is 44.0 Å². The summed E-state index contributed by atoms with van der Waals surface area (Å²) in [6, 6.07) is 0.514. The second-order valence-corrected chi connectivity index (χ2v) is 6.62. The van der Waals surface area contributed by atoms with Crippen LogP contribution >= 0.6 is 23.4 Å². The van der Waals surface area contributed by atoms with Crippen molar-refractivity contribution >= 4 is 29.2 Å². The standard InChI is InChI=1S/C14H22ClN3S/c1-4-12-17-13(15)9(2)14(18-12)16-10-6-5-7-11(8-10)19-3/h10-11H,4-8H2,1-3H3,(H,16,17,18). The van der Waals surface area contributed by atoms with Gasteiger partial charge in [-0.05, 0) is 32.4 Å². The first kappa shape index (κ1) is 14.9. The normalized spacial score (nSPS) is 23.4. The maximum atomic E-state index is 6.18. The number of aryl methyl sites for hydroxylation is 1. The van der Waals surface area contributed by atoms with Crippen molar-refractivity contribution in [1.82, 2.24) is 9.97 Å². The molecular formula is C14H22ClN3S. The van der Waals surface area contributed by atoms with Gasteiger partial charge in [0.25, 0.3) is 0 Å². The van der Waals surface area contributed by atoms with Crippen LogP contribution in [0, 0.1) is 6.92 Å². The Hall–Kier alpha value is -0.480. The van der Waals surface area contributed by atoms with Gasteiger partial charge in [-0.2, -0.15) is 11.8 Å². The number of halogens is 1. The lowest BCUT2D eigenvalue weighted by atomic mass is 9.95. The summed E-state index contributed by atoms with van der Waals surface area (Å²) in [5, 5.41) is 4.93. The number of rotatable bonds is 4. The fourth-order valence-corrected chi connectivity index (χ4v) is 3.53. The largest absolute Gasteiger partial charge is 0.367 e. The number of nitrogens with one attached hydrogen (secondary N) is 1. The molecule has 1 aliphatic rings. The van der Waals surface area contributed by atoms with E-state index in [1.165, 1.54) is 25.7 Å². The Labute approximate surface area is 124 Å². The fourth-order valence-electron chi connectivity index (χ4n) is 2.51. The van der Waals surface area contributed by atoms with Crippen molar-refractivity contribution in [3.63, 3.8) is 0 Å². The summed E-state index contributed by atoms with van der Waals surface area (Å²) in [4.78, 5) is 8.87. The van der Waals surface area contributed by atoms with Gasteiger partial charge in [0.1, 0.15) is 16.8 Å². The Morgan fingerprint density at radius 2 is 2.16 bits per heavy atom. The molecule has 2 atom stereocenters. The Bertz CT molecular complexity index is 439. The van der Waals surface area contributed by atoms with Crippen LogP contribution in [-0.4, -0.2) is 27.5 Å². The third-order valence-electron chi connectivity index (χ3n) is 3.75. The number of anilines is 1. The maximum Gasteiger partial charge on any atom is 0.137 e. The smallest absolute Gasteiger partial charge is 0.137 e. The van der Waals surface area contributed by atoms with Gasteiger partial charge in [-0.15, -0.1) is 0 Å². The predicted octanol–water partition coefficient (Wildman–Crippen LogP) is 4.09. The Morgan fingerprint density at radius 1 is 1.37 bits per heavy atom. The second kappa shape index (κ2) is 6.80. The molecule has 1 aliphatic carbocycles. The highest BCUT2D eigenvalue weighted by Gasteiger charge is 2.22. The Kier molecular flexibility index (Phi) is 5.34. The number of aromatic nitrogens is 2. The van der Waals surface area contributed by atoms with E-state index in [1.807, 2.05) is 18.7 Å². The monoisotopic (exact) mass is 299 g/mol. The molecule has 0 aliphatic heterocycles. The highest BCUT2D eigenvalue weighted by molar-refractivity contribution is 7.99. The molecule has 1 aromatic heterocycles. The topological polar surface area (TPSA) is 37.8 Å². The molecule has 106 valence electrons. The Morgan fingerprint density at radius 3 is 2.84 bits per heavy atom. The third-order valence-corrected chi connectivity index (χ3v) is 5.21. The minimum atomic E-state index is 0.514. The van der Waals surface area contributed by atoms with E-state index in [1.54, 1.807) is 0 Å². The Balaban J connectivity index is 2.11. The lowest BCUT2D eigenvalue weighted by Crippen LogP contribution is -2.29. The minimum absolute atomic E-state index is 0.514. The summed E-state index contributed by atoms with van der Waals surface area (Å²) in [6.07, 6.45) is 8.08. The van der Waals surface area contributed by atoms with Crippen LogP contribution in [0.3, 0.4) is 0 Å². The summed E-state index contributed by atoms with van der Waals surface area (Å²) in [5.41, 5.74) is 0.963. The molecule has 19 heavy (non-hydrogen) atoms. The summed E-state index contributed by atoms with van der Waals surface area (Å²) < 4.78 is 0. The molecule has 0 radical (unpaired) electrons. The van der Waals surface area contributed by atoms with E-state index >= 15 is 0 Å². The lowest BCUT2D eigenvalue weighted by molar-refractivity contribution is 0.472. The summed E-state index contributed by atoms with van der Waals surface area (Å²) in [5.74, 6) is 1.74. The summed E-state index contributed by atoms with van der Waals surface area (Å²) >= 11 is 8.15. The van der Waals surface area contributed by atoms with Crippen molar-refractivity contribution in [2.24, 2.45) is 0 Å². The first-order valence-corrected chi connectivity index (χ1v) is 8.63. The number of thioether (sulfide) groups is 1. The van der Waals surface area contributed by atoms with Crippen LogP contribution in [0.15, 0.2) is 0 Å². The number of hydrogen-bond acceptors (Lipinski definition) is 4. The summed E-state index contributed by atoms with van der Waals surface area (Å²) in [7, 11) is 0. The predicted molar refractivity (Wildman–Crippen MR) is 84.3 cm³/mol. The number of hydrogen-bond donors (Lipinski definition) is 1. The van der Waals surface area contributed by atoms with E-state index < -0.39 is 0 Å². The molecule has 0 aromatic carbocycles. The molecule has 0 amide bonds. The van der Waals surface area contributed by atoms with Crippen molar-refractivity contribution in [3.8, 4) is 0 Å². The highest BCUT2D eigenvalue weighted by Crippen LogP contribution is 2.30. The molecule has 0 bridgehead atoms. The first-order chi connectivity index (χ1) is 9.13. The molecule has 5 heteroatoms. The van der Waals surface area contributed by atoms with Crippen LogP contribution in [0.5, 0.6) is 0 Å². The van der Waals surface area contributed by atoms with Gasteiger partial charge in [-0.1, -0.05) is 24.9 Å². The van der Waals surface area contributed by atoms with Gasteiger partial charge < -0.3 is 5.32 Å². The lowest BCUT2D eigenvalue weighted by Gasteiger charge is -2.29. The van der Waals surface area contributed by atoms with E-state index in [9.17, 15) is 0 Å². The third kappa shape index (κ3) is 3.76. The van der Waals surface area contributed by atoms with E-state index in [0.29, 0.717) is 11.2 Å². The minimum Gasteiger partial charge on any atom is -0.367 e. The molecule has 2 unspecified atom stereocenters. The van der Waals surface area contributed by atoms with Gasteiger partial charge in [-0.25, -0.2) is 9.97 Å². The molecule has 1 saturated carbocycles. The fraction of sp³-hybridized carbons (Fsp3) is 0.714. The second-order valence-electron chi connectivity index (χ2n) is 5.12. The van der Waals surface area contributed by atoms with E-state index in [0.717, 1.165) is 28.9 Å². The molecule has 1 aromatic rings. The van der Waals surface area contributed by atoms with Crippen molar-refractivity contribution in [2.45, 2.75) is 57.2 Å². The molecule has 0 saturated heterocycles. The molecule has 0 spiro atoms. The van der Waals surface area contributed by atoms with Crippen molar-refractivity contribution < 1.29 is 0 Å². The molecule has 3 nitrogen and oxygen atoms in total. The van der Waals surface area contributed by atoms with Crippen LogP contribution in [0.4, 0.5) is 5.82 Å². The van der Waals surface area contributed by atoms with E-state index in [4.69, 9.17) is 11.6 Å². The zero-order chi connectivity index (χ0) is 13.8. The zero-order valence-corrected chi connectivity index (χ0v) is 13.4. The van der Waals surface area contributed by atoms with Gasteiger partial charge in [0.05, 0.1) is 0 Å². The molecular weight excluding hydrogens is 278 g/mol. The SMILES string of the molecule is CCc1nc(Cl)c(C)c(NC2CCCC(SC)C2)n1. The van der Waals surface area contributed by atoms with Crippen LogP contribution in [0.2, 0.25) is 5.15 Å². The van der Waals surface area contributed by atoms with Gasteiger partial charge in [-0.3, -0.25) is 0 Å². The van der Waals surface area contributed by atoms with Crippen molar-refractivity contribution in [1.29, 1.82) is 0 Å². The maximum absolute atomic E-state index is 6.18. The van der Waals surface area contributed by atoms with E-state index in [2.05, 4.69) is 28.5 Å². The average Bonchev–Trinajstić information content (AvgIpc) is 2.43. The molecule has 1 heterocycles. The molecule has 1 fully saturated rings. The van der Waals surface area contributed by atoms with E-state index in [-0.39, 0.29) is 0 Å². The van der Waals surface area contributed by atoms with Gasteiger partial charge >= 0.3 is 0 Å². The van der Waals surface area contributed by atoms with Crippen LogP contribution in [0.25, 0.3) is 0 Å². The zero-order valence-electron chi connectivity index (χ0n) is 11.9. The van der Waals surface area contributed by atoms with Gasteiger partial charge in [0.15, 0.2) is 0 Å². The quantitative estimate of drug-likeness (QED) is 0.850. The first-order valence-electron chi connectivity index (χ1n) is 6.96. The van der Waals surface area contributed by atoms with Crippen molar-refractivity contribution in [2.75, 3.05) is 11.6 Å². The van der Waals surface area contributed by atoms with Crippen LogP contribution < -0.4 is 5.32 Å². The molecule has 2 rings (SSSR count). The molecule has 1 N–H and O–H groups in total. The number of nitrogens with zero attached hydrogens (tertiary/aromatic N) is 2. The summed E-state index contributed by atoms with van der Waals surface area (Å²) in [6.45, 7) is 4.04. The highest BCUT2D eigenvalue weighted by atomic mass is 35.5. The average molecular weight is 300 g/mol. The van der Waals surface area contributed by atoms with Gasteiger partial charge in [0.2, 0.25) is 0 Å².